The van der Waals surface area contributed by atoms with E-state index in [1.807, 2.05) is 0 Å². The first-order valence-corrected chi connectivity index (χ1v) is 9.79. The summed E-state index contributed by atoms with van der Waals surface area (Å²) in [6.45, 7) is 3.20. The summed E-state index contributed by atoms with van der Waals surface area (Å²) in [4.78, 5) is 48.4. The summed E-state index contributed by atoms with van der Waals surface area (Å²) in [5.74, 6) is -3.47. The van der Waals surface area contributed by atoms with Crippen LogP contribution in [0, 0.1) is 0 Å². The van der Waals surface area contributed by atoms with E-state index in [0.717, 1.165) is 0 Å². The summed E-state index contributed by atoms with van der Waals surface area (Å²) in [7, 11) is 0. The molecule has 176 valence electrons. The molecular weight excluding hydrogens is 424 g/mol. The van der Waals surface area contributed by atoms with Gasteiger partial charge in [-0.3, -0.25) is 4.74 Å². The van der Waals surface area contributed by atoms with Gasteiger partial charge in [0.15, 0.2) is 24.4 Å². The lowest BCUT2D eigenvalue weighted by atomic mass is 10.2. The molecule has 2 aliphatic rings. The van der Waals surface area contributed by atoms with Crippen molar-refractivity contribution in [2.24, 2.45) is 0 Å². The van der Waals surface area contributed by atoms with Gasteiger partial charge in [0.05, 0.1) is 26.4 Å². The van der Waals surface area contributed by atoms with Gasteiger partial charge in [0.25, 0.3) is 13.0 Å². The van der Waals surface area contributed by atoms with Crippen molar-refractivity contribution in [1.29, 1.82) is 0 Å². The third-order valence-electron chi connectivity index (χ3n) is 3.88. The Labute approximate surface area is 178 Å². The smallest absolute Gasteiger partial charge is 0.338 e. The van der Waals surface area contributed by atoms with Crippen LogP contribution in [0.25, 0.3) is 0 Å². The highest BCUT2D eigenvalue weighted by Gasteiger charge is 2.52. The predicted octanol–water partition coefficient (Wildman–Crippen LogP) is -0.609. The van der Waals surface area contributed by atoms with Crippen LogP contribution in [0.2, 0.25) is 0 Å². The second-order valence-electron chi connectivity index (χ2n) is 5.95. The SMILES string of the molecule is CCOC(=O)C1OC(OC2OC(C(=O)OCC)C(C(=O)OCC)O2)OC1C(=O)OCC. The molecule has 0 bridgehead atoms. The summed E-state index contributed by atoms with van der Waals surface area (Å²) >= 11 is 0. The molecule has 0 N–H and O–H groups in total. The largest absolute Gasteiger partial charge is 0.464 e. The highest BCUT2D eigenvalue weighted by atomic mass is 17.0. The number of ether oxygens (including phenoxy) is 9. The zero-order valence-corrected chi connectivity index (χ0v) is 17.6. The van der Waals surface area contributed by atoms with Gasteiger partial charge in [-0.05, 0) is 27.7 Å². The summed E-state index contributed by atoms with van der Waals surface area (Å²) in [5.41, 5.74) is 0. The van der Waals surface area contributed by atoms with E-state index in [2.05, 4.69) is 0 Å². The lowest BCUT2D eigenvalue weighted by Crippen LogP contribution is -2.39. The topological polar surface area (TPSA) is 151 Å². The maximum Gasteiger partial charge on any atom is 0.338 e. The minimum atomic E-state index is -1.63. The molecule has 13 nitrogen and oxygen atoms in total. The summed E-state index contributed by atoms with van der Waals surface area (Å²) in [6.07, 6.45) is -5.86. The molecule has 0 amide bonds. The van der Waals surface area contributed by atoms with Gasteiger partial charge in [-0.1, -0.05) is 0 Å². The molecule has 0 spiro atoms. The molecule has 2 rings (SSSR count). The van der Waals surface area contributed by atoms with E-state index in [1.54, 1.807) is 27.7 Å². The van der Waals surface area contributed by atoms with Crippen molar-refractivity contribution in [1.82, 2.24) is 0 Å². The summed E-state index contributed by atoms with van der Waals surface area (Å²) in [5, 5.41) is 0. The van der Waals surface area contributed by atoms with Crippen LogP contribution in [-0.2, 0) is 61.8 Å². The maximum absolute atomic E-state index is 12.1. The first-order chi connectivity index (χ1) is 14.9. The Hall–Kier alpha value is -2.32. The number of carbonyl (C=O) groups excluding carboxylic acids is 4. The number of esters is 4. The minimum Gasteiger partial charge on any atom is -0.464 e. The standard InChI is InChI=1S/C18H26O13/c1-5-23-13(19)9-10(14(20)24-6-2)28-17(27-9)31-18-29-11(15(21)25-7-3)12(30-18)16(22)26-8-4/h9-12,17-18H,5-8H2,1-4H3. The van der Waals surface area contributed by atoms with Crippen LogP contribution in [0.15, 0.2) is 0 Å². The Morgan fingerprint density at radius 2 is 0.742 bits per heavy atom. The molecule has 31 heavy (non-hydrogen) atoms. The van der Waals surface area contributed by atoms with Crippen molar-refractivity contribution < 1.29 is 61.8 Å². The average Bonchev–Trinajstić information content (AvgIpc) is 3.34. The van der Waals surface area contributed by atoms with Crippen molar-refractivity contribution in [3.8, 4) is 0 Å². The lowest BCUT2D eigenvalue weighted by molar-refractivity contribution is -0.356. The van der Waals surface area contributed by atoms with Crippen LogP contribution in [0.3, 0.4) is 0 Å². The van der Waals surface area contributed by atoms with Gasteiger partial charge in [0, 0.05) is 0 Å². The van der Waals surface area contributed by atoms with Crippen molar-refractivity contribution in [2.75, 3.05) is 26.4 Å². The third kappa shape index (κ3) is 6.33. The molecule has 2 heterocycles. The van der Waals surface area contributed by atoms with Crippen molar-refractivity contribution in [3.05, 3.63) is 0 Å². The van der Waals surface area contributed by atoms with Gasteiger partial charge in [0.1, 0.15) is 0 Å². The van der Waals surface area contributed by atoms with Gasteiger partial charge < -0.3 is 37.9 Å². The minimum absolute atomic E-state index is 0.0387. The Morgan fingerprint density at radius 3 is 0.935 bits per heavy atom. The monoisotopic (exact) mass is 450 g/mol. The highest BCUT2D eigenvalue weighted by Crippen LogP contribution is 2.28. The highest BCUT2D eigenvalue weighted by molar-refractivity contribution is 5.86. The molecule has 2 fully saturated rings. The van der Waals surface area contributed by atoms with Crippen molar-refractivity contribution in [2.45, 2.75) is 65.1 Å². The van der Waals surface area contributed by atoms with Crippen LogP contribution in [0.5, 0.6) is 0 Å². The first-order valence-electron chi connectivity index (χ1n) is 9.79. The Balaban J connectivity index is 2.08. The van der Waals surface area contributed by atoms with E-state index in [1.165, 1.54) is 0 Å². The van der Waals surface area contributed by atoms with Crippen LogP contribution < -0.4 is 0 Å². The fourth-order valence-corrected chi connectivity index (χ4v) is 2.66. The fraction of sp³-hybridized carbons (Fsp3) is 0.778. The van der Waals surface area contributed by atoms with Gasteiger partial charge in [-0.25, -0.2) is 19.2 Å². The second kappa shape index (κ2) is 11.9. The van der Waals surface area contributed by atoms with Crippen molar-refractivity contribution in [3.63, 3.8) is 0 Å². The quantitative estimate of drug-likeness (QED) is 0.308. The Kier molecular flexibility index (Phi) is 9.58. The van der Waals surface area contributed by atoms with Gasteiger partial charge in [-0.2, -0.15) is 0 Å². The van der Waals surface area contributed by atoms with Crippen LogP contribution in [0.4, 0.5) is 0 Å². The predicted molar refractivity (Wildman–Crippen MR) is 94.7 cm³/mol. The van der Waals surface area contributed by atoms with E-state index in [4.69, 9.17) is 42.6 Å². The lowest BCUT2D eigenvalue weighted by Gasteiger charge is -2.15. The molecule has 2 saturated heterocycles. The summed E-state index contributed by atoms with van der Waals surface area (Å²) < 4.78 is 45.9. The normalized spacial score (nSPS) is 29.9. The van der Waals surface area contributed by atoms with E-state index < -0.39 is 61.2 Å². The molecule has 4 atom stereocenters. The van der Waals surface area contributed by atoms with Gasteiger partial charge in [-0.15, -0.1) is 0 Å². The third-order valence-corrected chi connectivity index (χ3v) is 3.88. The molecular formula is C18H26O13. The molecule has 4 unspecified atom stereocenters. The molecule has 0 aliphatic carbocycles. The van der Waals surface area contributed by atoms with Crippen LogP contribution >= 0.6 is 0 Å². The van der Waals surface area contributed by atoms with Gasteiger partial charge in [0.2, 0.25) is 0 Å². The van der Waals surface area contributed by atoms with Crippen LogP contribution in [-0.4, -0.2) is 87.7 Å². The van der Waals surface area contributed by atoms with Gasteiger partial charge >= 0.3 is 23.9 Å². The summed E-state index contributed by atoms with van der Waals surface area (Å²) in [6, 6.07) is 0. The number of carbonyl (C=O) groups is 4. The van der Waals surface area contributed by atoms with E-state index in [9.17, 15) is 19.2 Å². The Bertz CT molecular complexity index is 544. The van der Waals surface area contributed by atoms with E-state index in [-0.39, 0.29) is 26.4 Å². The second-order valence-corrected chi connectivity index (χ2v) is 5.95. The maximum atomic E-state index is 12.1. The zero-order valence-electron chi connectivity index (χ0n) is 17.6. The molecule has 0 saturated carbocycles. The molecule has 0 aromatic heterocycles. The molecule has 2 aliphatic heterocycles. The zero-order chi connectivity index (χ0) is 23.0. The average molecular weight is 450 g/mol. The van der Waals surface area contributed by atoms with E-state index >= 15 is 0 Å². The number of rotatable bonds is 10. The Morgan fingerprint density at radius 1 is 0.516 bits per heavy atom. The molecule has 0 radical (unpaired) electrons. The molecule has 13 heteroatoms. The van der Waals surface area contributed by atoms with E-state index in [0.29, 0.717) is 0 Å². The first kappa shape index (κ1) is 24.9. The molecule has 0 aromatic rings. The number of hydrogen-bond acceptors (Lipinski definition) is 13. The van der Waals surface area contributed by atoms with Crippen molar-refractivity contribution >= 4 is 23.9 Å². The molecule has 0 aromatic carbocycles. The fourth-order valence-electron chi connectivity index (χ4n) is 2.66. The van der Waals surface area contributed by atoms with Crippen LogP contribution in [0.1, 0.15) is 27.7 Å². The number of hydrogen-bond donors (Lipinski definition) is 0.